The van der Waals surface area contributed by atoms with E-state index in [1.807, 2.05) is 12.1 Å². The molecule has 0 aliphatic carbocycles. The van der Waals surface area contributed by atoms with Crippen LogP contribution in [0.3, 0.4) is 0 Å². The Morgan fingerprint density at radius 3 is 2.21 bits per heavy atom. The van der Waals surface area contributed by atoms with Crippen LogP contribution in [0.25, 0.3) is 6.08 Å². The van der Waals surface area contributed by atoms with Crippen molar-refractivity contribution in [2.75, 3.05) is 7.11 Å². The quantitative estimate of drug-likeness (QED) is 0.347. The minimum atomic E-state index is -3.99. The summed E-state index contributed by atoms with van der Waals surface area (Å²) in [7, 11) is -2.48. The Kier molecular flexibility index (Phi) is 7.71. The van der Waals surface area contributed by atoms with Crippen molar-refractivity contribution < 1.29 is 17.9 Å². The molecule has 0 unspecified atom stereocenters. The summed E-state index contributed by atoms with van der Waals surface area (Å²) in [6.45, 7) is 6.84. The minimum Gasteiger partial charge on any atom is -0.493 e. The van der Waals surface area contributed by atoms with Crippen LogP contribution >= 0.6 is 11.6 Å². The third-order valence-corrected chi connectivity index (χ3v) is 7.16. The molecule has 0 aliphatic rings. The normalized spacial score (nSPS) is 12.2. The molecule has 3 rings (SSSR count). The van der Waals surface area contributed by atoms with Crippen molar-refractivity contribution in [3.8, 4) is 17.6 Å². The average molecular weight is 496 g/mol. The zero-order chi connectivity index (χ0) is 24.9. The van der Waals surface area contributed by atoms with Crippen molar-refractivity contribution >= 4 is 27.5 Å². The summed E-state index contributed by atoms with van der Waals surface area (Å²) in [6.07, 6.45) is 1.31. The van der Waals surface area contributed by atoms with Crippen LogP contribution in [0.2, 0.25) is 5.02 Å². The van der Waals surface area contributed by atoms with E-state index >= 15 is 0 Å². The van der Waals surface area contributed by atoms with Gasteiger partial charge in [0.1, 0.15) is 17.6 Å². The van der Waals surface area contributed by atoms with E-state index in [1.165, 1.54) is 43.0 Å². The van der Waals surface area contributed by atoms with Gasteiger partial charge in [-0.15, -0.1) is 0 Å². The van der Waals surface area contributed by atoms with Gasteiger partial charge >= 0.3 is 0 Å². The SMILES string of the molecule is COc1cc(C=C(C#N)S(=O)(=O)c2ccc(Cl)cc2)ccc1OCc1ccc(C(C)(C)C)cc1. The lowest BCUT2D eigenvalue weighted by molar-refractivity contribution is 0.284. The second-order valence-electron chi connectivity index (χ2n) is 8.72. The molecule has 34 heavy (non-hydrogen) atoms. The lowest BCUT2D eigenvalue weighted by atomic mass is 9.87. The molecule has 176 valence electrons. The molecule has 0 atom stereocenters. The third-order valence-electron chi connectivity index (χ3n) is 5.22. The number of halogens is 1. The molecule has 0 saturated carbocycles. The second kappa shape index (κ2) is 10.3. The molecule has 0 saturated heterocycles. The molecule has 0 bridgehead atoms. The number of sulfone groups is 1. The number of hydrogen-bond acceptors (Lipinski definition) is 5. The number of methoxy groups -OCH3 is 1. The molecule has 3 aromatic carbocycles. The van der Waals surface area contributed by atoms with Gasteiger partial charge in [-0.05, 0) is 64.6 Å². The maximum Gasteiger partial charge on any atom is 0.216 e. The molecule has 0 amide bonds. The van der Waals surface area contributed by atoms with Crippen molar-refractivity contribution in [2.45, 2.75) is 37.7 Å². The molecule has 5 nitrogen and oxygen atoms in total. The topological polar surface area (TPSA) is 76.4 Å². The Balaban J connectivity index is 1.82. The number of nitrogens with zero attached hydrogens (tertiary/aromatic N) is 1. The van der Waals surface area contributed by atoms with E-state index in [9.17, 15) is 13.7 Å². The number of rotatable bonds is 7. The van der Waals surface area contributed by atoms with Crippen molar-refractivity contribution in [3.05, 3.63) is 93.3 Å². The fourth-order valence-electron chi connectivity index (χ4n) is 3.22. The molecule has 7 heteroatoms. The molecule has 0 N–H and O–H groups in total. The Morgan fingerprint density at radius 1 is 1.00 bits per heavy atom. The lowest BCUT2D eigenvalue weighted by Crippen LogP contribution is -2.10. The minimum absolute atomic E-state index is 0.00547. The first-order chi connectivity index (χ1) is 16.0. The summed E-state index contributed by atoms with van der Waals surface area (Å²) in [4.78, 5) is -0.390. The van der Waals surface area contributed by atoms with Gasteiger partial charge in [0.05, 0.1) is 12.0 Å². The highest BCUT2D eigenvalue weighted by Gasteiger charge is 2.21. The molecule has 0 fully saturated rings. The highest BCUT2D eigenvalue weighted by atomic mass is 35.5. The maximum atomic E-state index is 12.9. The van der Waals surface area contributed by atoms with E-state index in [0.29, 0.717) is 28.7 Å². The first-order valence-corrected chi connectivity index (χ1v) is 12.4. The van der Waals surface area contributed by atoms with E-state index in [2.05, 4.69) is 32.9 Å². The number of benzene rings is 3. The zero-order valence-corrected chi connectivity index (χ0v) is 21.1. The van der Waals surface area contributed by atoms with Gasteiger partial charge in [-0.1, -0.05) is 62.7 Å². The summed E-state index contributed by atoms with van der Waals surface area (Å²) in [5, 5.41) is 9.93. The largest absolute Gasteiger partial charge is 0.493 e. The highest BCUT2D eigenvalue weighted by Crippen LogP contribution is 2.31. The third kappa shape index (κ3) is 5.99. The molecular weight excluding hydrogens is 470 g/mol. The molecule has 0 spiro atoms. The summed E-state index contributed by atoms with van der Waals surface area (Å²) < 4.78 is 37.1. The Labute approximate surface area is 206 Å². The maximum absolute atomic E-state index is 12.9. The van der Waals surface area contributed by atoms with E-state index in [0.717, 1.165) is 5.56 Å². The predicted molar refractivity (Wildman–Crippen MR) is 135 cm³/mol. The molecule has 0 aromatic heterocycles. The first-order valence-electron chi connectivity index (χ1n) is 10.6. The smallest absolute Gasteiger partial charge is 0.216 e. The zero-order valence-electron chi connectivity index (χ0n) is 19.5. The molecule has 3 aromatic rings. The number of nitriles is 1. The van der Waals surface area contributed by atoms with Gasteiger partial charge in [0.15, 0.2) is 11.5 Å². The second-order valence-corrected chi connectivity index (χ2v) is 11.1. The highest BCUT2D eigenvalue weighted by molar-refractivity contribution is 7.95. The van der Waals surface area contributed by atoms with Crippen molar-refractivity contribution in [1.29, 1.82) is 5.26 Å². The number of allylic oxidation sites excluding steroid dienone is 1. The van der Waals surface area contributed by atoms with Gasteiger partial charge < -0.3 is 9.47 Å². The lowest BCUT2D eigenvalue weighted by Gasteiger charge is -2.19. The van der Waals surface area contributed by atoms with Gasteiger partial charge in [-0.25, -0.2) is 8.42 Å². The summed E-state index contributed by atoms with van der Waals surface area (Å²) >= 11 is 5.84. The van der Waals surface area contributed by atoms with Crippen LogP contribution in [0.15, 0.2) is 76.5 Å². The van der Waals surface area contributed by atoms with Crippen molar-refractivity contribution in [2.24, 2.45) is 0 Å². The van der Waals surface area contributed by atoms with Crippen LogP contribution < -0.4 is 9.47 Å². The van der Waals surface area contributed by atoms with Crippen LogP contribution in [0.4, 0.5) is 0 Å². The van der Waals surface area contributed by atoms with E-state index in [-0.39, 0.29) is 15.2 Å². The molecule has 0 aliphatic heterocycles. The van der Waals surface area contributed by atoms with Crippen LogP contribution in [0, 0.1) is 11.3 Å². The van der Waals surface area contributed by atoms with Gasteiger partial charge in [0, 0.05) is 5.02 Å². The van der Waals surface area contributed by atoms with Crippen LogP contribution in [0.5, 0.6) is 11.5 Å². The Hall–Kier alpha value is -3.27. The van der Waals surface area contributed by atoms with Crippen LogP contribution in [-0.2, 0) is 21.9 Å². The predicted octanol–water partition coefficient (Wildman–Crippen LogP) is 6.56. The molecule has 0 radical (unpaired) electrons. The number of ether oxygens (including phenoxy) is 2. The molecule has 0 heterocycles. The summed E-state index contributed by atoms with van der Waals surface area (Å²) in [6, 6.07) is 20.7. The van der Waals surface area contributed by atoms with Gasteiger partial charge in [-0.3, -0.25) is 0 Å². The standard InChI is InChI=1S/C27H26ClNO4S/c1-27(2,3)21-8-5-19(6-9-21)18-33-25-14-7-20(16-26(25)32-4)15-24(17-29)34(30,31)23-12-10-22(28)11-13-23/h5-16H,18H2,1-4H3. The average Bonchev–Trinajstić information content (AvgIpc) is 2.81. The van der Waals surface area contributed by atoms with Gasteiger partial charge in [0.2, 0.25) is 9.84 Å². The summed E-state index contributed by atoms with van der Waals surface area (Å²) in [5.41, 5.74) is 2.83. The fourth-order valence-corrected chi connectivity index (χ4v) is 4.50. The van der Waals surface area contributed by atoms with Crippen molar-refractivity contribution in [3.63, 3.8) is 0 Å². The van der Waals surface area contributed by atoms with Crippen LogP contribution in [-0.4, -0.2) is 15.5 Å². The fraction of sp³-hybridized carbons (Fsp3) is 0.222. The Morgan fingerprint density at radius 2 is 1.65 bits per heavy atom. The number of hydrogen-bond donors (Lipinski definition) is 0. The monoisotopic (exact) mass is 495 g/mol. The first kappa shape index (κ1) is 25.4. The van der Waals surface area contributed by atoms with E-state index < -0.39 is 9.84 Å². The van der Waals surface area contributed by atoms with Gasteiger partial charge in [-0.2, -0.15) is 5.26 Å². The van der Waals surface area contributed by atoms with Crippen molar-refractivity contribution in [1.82, 2.24) is 0 Å². The summed E-state index contributed by atoms with van der Waals surface area (Å²) in [5.74, 6) is 0.944. The Bertz CT molecular complexity index is 1330. The van der Waals surface area contributed by atoms with Gasteiger partial charge in [0.25, 0.3) is 0 Å². The van der Waals surface area contributed by atoms with E-state index in [1.54, 1.807) is 24.3 Å². The van der Waals surface area contributed by atoms with E-state index in [4.69, 9.17) is 21.1 Å². The van der Waals surface area contributed by atoms with Crippen LogP contribution in [0.1, 0.15) is 37.5 Å². The molecular formula is C27H26ClNO4S.